The van der Waals surface area contributed by atoms with E-state index in [0.29, 0.717) is 0 Å². The Labute approximate surface area is 79.1 Å². The van der Waals surface area contributed by atoms with E-state index in [1.165, 1.54) is 50.3 Å². The van der Waals surface area contributed by atoms with Crippen molar-refractivity contribution in [3.05, 3.63) is 0 Å². The second kappa shape index (κ2) is 4.49. The highest BCUT2D eigenvalue weighted by atomic mass is 32.2. The van der Waals surface area contributed by atoms with Crippen LogP contribution in [0.5, 0.6) is 0 Å². The molecule has 2 saturated heterocycles. The van der Waals surface area contributed by atoms with Crippen molar-refractivity contribution in [3.63, 3.8) is 0 Å². The summed E-state index contributed by atoms with van der Waals surface area (Å²) in [5.74, 6) is 2.67. The molecule has 2 aliphatic heterocycles. The first-order valence-electron chi connectivity index (χ1n) is 5.04. The summed E-state index contributed by atoms with van der Waals surface area (Å²) >= 11 is 2.08. The highest BCUT2D eigenvalue weighted by Crippen LogP contribution is 2.18. The van der Waals surface area contributed by atoms with Gasteiger partial charge in [0.05, 0.1) is 0 Å². The van der Waals surface area contributed by atoms with E-state index >= 15 is 0 Å². The van der Waals surface area contributed by atoms with Gasteiger partial charge in [0.25, 0.3) is 0 Å². The van der Waals surface area contributed by atoms with Crippen LogP contribution in [0.4, 0.5) is 0 Å². The second-order valence-electron chi connectivity index (χ2n) is 3.74. The smallest absolute Gasteiger partial charge is 0.0313 e. The number of hydrogen-bond donors (Lipinski definition) is 1. The average Bonchev–Trinajstić information content (AvgIpc) is 2.59. The highest BCUT2D eigenvalue weighted by Gasteiger charge is 2.18. The van der Waals surface area contributed by atoms with Crippen LogP contribution < -0.4 is 5.43 Å². The van der Waals surface area contributed by atoms with E-state index in [2.05, 4.69) is 22.2 Å². The van der Waals surface area contributed by atoms with Gasteiger partial charge in [0.1, 0.15) is 0 Å². The Hall–Kier alpha value is 0.270. The lowest BCUT2D eigenvalue weighted by molar-refractivity contribution is 0.134. The van der Waals surface area contributed by atoms with Crippen molar-refractivity contribution >= 4 is 11.8 Å². The van der Waals surface area contributed by atoms with Crippen molar-refractivity contribution in [1.82, 2.24) is 10.4 Å². The van der Waals surface area contributed by atoms with Gasteiger partial charge in [0.2, 0.25) is 0 Å². The molecule has 0 saturated carbocycles. The van der Waals surface area contributed by atoms with Crippen LogP contribution in [0, 0.1) is 0 Å². The van der Waals surface area contributed by atoms with E-state index in [9.17, 15) is 0 Å². The molecule has 12 heavy (non-hydrogen) atoms. The second-order valence-corrected chi connectivity index (χ2v) is 4.89. The van der Waals surface area contributed by atoms with Gasteiger partial charge in [-0.25, -0.2) is 5.01 Å². The van der Waals surface area contributed by atoms with E-state index in [1.54, 1.807) is 0 Å². The molecule has 2 heterocycles. The molecule has 0 aromatic heterocycles. The molecule has 2 rings (SSSR count). The third kappa shape index (κ3) is 2.38. The number of hydrazine groups is 1. The maximum absolute atomic E-state index is 3.63. The Morgan fingerprint density at radius 1 is 1.17 bits per heavy atom. The fraction of sp³-hybridized carbons (Fsp3) is 1.00. The fourth-order valence-corrected chi connectivity index (χ4v) is 3.06. The quantitative estimate of drug-likeness (QED) is 0.703. The van der Waals surface area contributed by atoms with Gasteiger partial charge in [0, 0.05) is 24.9 Å². The molecule has 70 valence electrons. The Morgan fingerprint density at radius 2 is 2.00 bits per heavy atom. The molecule has 0 bridgehead atoms. The van der Waals surface area contributed by atoms with Crippen molar-refractivity contribution < 1.29 is 0 Å². The van der Waals surface area contributed by atoms with E-state index < -0.39 is 0 Å². The summed E-state index contributed by atoms with van der Waals surface area (Å²) in [5.41, 5.74) is 3.63. The lowest BCUT2D eigenvalue weighted by Crippen LogP contribution is -2.47. The largest absolute Gasteiger partial charge is 0.251 e. The predicted octanol–water partition coefficient (Wildman–Crippen LogP) is 1.48. The molecule has 0 spiro atoms. The van der Waals surface area contributed by atoms with E-state index in [1.807, 2.05) is 0 Å². The highest BCUT2D eigenvalue weighted by molar-refractivity contribution is 7.99. The third-order valence-corrected chi connectivity index (χ3v) is 3.81. The minimum absolute atomic E-state index is 0.771. The van der Waals surface area contributed by atoms with Gasteiger partial charge < -0.3 is 0 Å². The van der Waals surface area contributed by atoms with Crippen LogP contribution in [-0.2, 0) is 0 Å². The molecule has 0 radical (unpaired) electrons. The van der Waals surface area contributed by atoms with Gasteiger partial charge in [-0.1, -0.05) is 6.42 Å². The summed E-state index contributed by atoms with van der Waals surface area (Å²) in [4.78, 5) is 0. The predicted molar refractivity (Wildman–Crippen MR) is 54.3 cm³/mol. The molecule has 2 nitrogen and oxygen atoms in total. The Morgan fingerprint density at radius 3 is 2.67 bits per heavy atom. The summed E-state index contributed by atoms with van der Waals surface area (Å²) < 4.78 is 0. The lowest BCUT2D eigenvalue weighted by atomic mass is 10.2. The Kier molecular flexibility index (Phi) is 3.31. The summed E-state index contributed by atoms with van der Waals surface area (Å²) in [6, 6.07) is 0.771. The summed E-state index contributed by atoms with van der Waals surface area (Å²) in [7, 11) is 0. The van der Waals surface area contributed by atoms with E-state index in [0.717, 1.165) is 6.04 Å². The monoisotopic (exact) mass is 186 g/mol. The van der Waals surface area contributed by atoms with Gasteiger partial charge in [-0.3, -0.25) is 5.43 Å². The zero-order valence-electron chi connectivity index (χ0n) is 7.59. The fourth-order valence-electron chi connectivity index (χ4n) is 1.92. The molecule has 1 atom stereocenters. The standard InChI is InChI=1S/C9H18N2S/c1-2-5-11(6-3-1)10-9-4-7-12-8-9/h9-10H,1-8H2. The van der Waals surface area contributed by atoms with Gasteiger partial charge in [-0.2, -0.15) is 11.8 Å². The molecule has 0 aromatic carbocycles. The maximum atomic E-state index is 3.63. The van der Waals surface area contributed by atoms with Crippen LogP contribution in [-0.4, -0.2) is 35.6 Å². The van der Waals surface area contributed by atoms with Crippen LogP contribution >= 0.6 is 11.8 Å². The number of nitrogens with one attached hydrogen (secondary N) is 1. The topological polar surface area (TPSA) is 15.3 Å². The minimum atomic E-state index is 0.771. The normalized spacial score (nSPS) is 32.5. The molecule has 0 amide bonds. The summed E-state index contributed by atoms with van der Waals surface area (Å²) in [5, 5.41) is 2.43. The van der Waals surface area contributed by atoms with Gasteiger partial charge in [-0.05, 0) is 25.0 Å². The maximum Gasteiger partial charge on any atom is 0.0313 e. The molecule has 0 aromatic rings. The molecule has 1 unspecified atom stereocenters. The zero-order valence-corrected chi connectivity index (χ0v) is 8.41. The SMILES string of the molecule is C1CCN(NC2CCSC2)CC1. The number of nitrogens with zero attached hydrogens (tertiary/aromatic N) is 1. The molecule has 3 heteroatoms. The van der Waals surface area contributed by atoms with Crippen LogP contribution in [0.15, 0.2) is 0 Å². The molecule has 2 aliphatic rings. The van der Waals surface area contributed by atoms with Crippen LogP contribution in [0.1, 0.15) is 25.7 Å². The Bertz CT molecular complexity index is 128. The lowest BCUT2D eigenvalue weighted by Gasteiger charge is -2.29. The third-order valence-electron chi connectivity index (χ3n) is 2.65. The van der Waals surface area contributed by atoms with Crippen molar-refractivity contribution in [3.8, 4) is 0 Å². The zero-order chi connectivity index (χ0) is 8.23. The van der Waals surface area contributed by atoms with Crippen molar-refractivity contribution in [1.29, 1.82) is 0 Å². The molecular weight excluding hydrogens is 168 g/mol. The minimum Gasteiger partial charge on any atom is -0.251 e. The number of hydrogen-bond acceptors (Lipinski definition) is 3. The van der Waals surface area contributed by atoms with E-state index in [-0.39, 0.29) is 0 Å². The summed E-state index contributed by atoms with van der Waals surface area (Å²) in [6.45, 7) is 2.53. The molecule has 0 aliphatic carbocycles. The first kappa shape index (κ1) is 8.85. The van der Waals surface area contributed by atoms with Crippen molar-refractivity contribution in [2.45, 2.75) is 31.7 Å². The Balaban J connectivity index is 1.69. The number of piperidine rings is 1. The van der Waals surface area contributed by atoms with Gasteiger partial charge in [0.15, 0.2) is 0 Å². The first-order valence-corrected chi connectivity index (χ1v) is 6.19. The van der Waals surface area contributed by atoms with Gasteiger partial charge in [-0.15, -0.1) is 0 Å². The number of thioether (sulfide) groups is 1. The van der Waals surface area contributed by atoms with Crippen molar-refractivity contribution in [2.24, 2.45) is 0 Å². The first-order chi connectivity index (χ1) is 5.95. The number of rotatable bonds is 2. The summed E-state index contributed by atoms with van der Waals surface area (Å²) in [6.07, 6.45) is 5.55. The van der Waals surface area contributed by atoms with Crippen LogP contribution in [0.3, 0.4) is 0 Å². The molecular formula is C9H18N2S. The van der Waals surface area contributed by atoms with Crippen molar-refractivity contribution in [2.75, 3.05) is 24.6 Å². The van der Waals surface area contributed by atoms with Crippen LogP contribution in [0.2, 0.25) is 0 Å². The van der Waals surface area contributed by atoms with E-state index in [4.69, 9.17) is 0 Å². The van der Waals surface area contributed by atoms with Gasteiger partial charge >= 0.3 is 0 Å². The molecule has 2 fully saturated rings. The molecule has 1 N–H and O–H groups in total. The van der Waals surface area contributed by atoms with Crippen LogP contribution in [0.25, 0.3) is 0 Å². The average molecular weight is 186 g/mol.